The summed E-state index contributed by atoms with van der Waals surface area (Å²) >= 11 is 0. The third kappa shape index (κ3) is 5.06. The van der Waals surface area contributed by atoms with Crippen molar-refractivity contribution in [3.63, 3.8) is 0 Å². The maximum Gasteiger partial charge on any atom is 0.240 e. The molecule has 2 aromatic rings. The molecule has 0 saturated carbocycles. The van der Waals surface area contributed by atoms with Gasteiger partial charge >= 0.3 is 0 Å². The fourth-order valence-corrected chi connectivity index (χ4v) is 4.65. The summed E-state index contributed by atoms with van der Waals surface area (Å²) in [4.78, 5) is 26.9. The molecule has 2 N–H and O–H groups in total. The summed E-state index contributed by atoms with van der Waals surface area (Å²) in [6.07, 6.45) is 0.846. The predicted molar refractivity (Wildman–Crippen MR) is 117 cm³/mol. The monoisotopic (exact) mass is 429 g/mol. The number of nitrogens with zero attached hydrogens (tertiary/aromatic N) is 1. The average Bonchev–Trinajstić information content (AvgIpc) is 3.08. The normalized spacial score (nSPS) is 16.7. The topological polar surface area (TPSA) is 95.6 Å². The minimum Gasteiger partial charge on any atom is -0.326 e. The van der Waals surface area contributed by atoms with E-state index >= 15 is 0 Å². The third-order valence-electron chi connectivity index (χ3n) is 4.99. The second-order valence-electron chi connectivity index (χ2n) is 7.66. The average molecular weight is 430 g/mol. The SMILES string of the molecule is CCCNS(=O)(=O)c1ccc(NC(=O)C2CC(=O)N(c3cc(C)cc(C)c3)C2)cc1. The molecule has 3 rings (SSSR count). The van der Waals surface area contributed by atoms with Crippen LogP contribution < -0.4 is 14.9 Å². The molecule has 0 spiro atoms. The Hall–Kier alpha value is -2.71. The van der Waals surface area contributed by atoms with Crippen LogP contribution >= 0.6 is 0 Å². The van der Waals surface area contributed by atoms with Crippen molar-refractivity contribution in [1.82, 2.24) is 4.72 Å². The number of sulfonamides is 1. The molecule has 7 nitrogen and oxygen atoms in total. The molecule has 160 valence electrons. The first kappa shape index (κ1) is 22.0. The standard InChI is InChI=1S/C22H27N3O4S/c1-4-9-23-30(28,29)20-7-5-18(6-8-20)24-22(27)17-13-21(26)25(14-17)19-11-15(2)10-16(3)12-19/h5-8,10-12,17,23H,4,9,13-14H2,1-3H3,(H,24,27). The van der Waals surface area contributed by atoms with Crippen molar-refractivity contribution in [2.75, 3.05) is 23.3 Å². The van der Waals surface area contributed by atoms with E-state index in [0.717, 1.165) is 16.8 Å². The Morgan fingerprint density at radius 2 is 1.73 bits per heavy atom. The third-order valence-corrected chi connectivity index (χ3v) is 6.47. The minimum atomic E-state index is -3.55. The van der Waals surface area contributed by atoms with Gasteiger partial charge in [-0.25, -0.2) is 13.1 Å². The number of carbonyl (C=O) groups is 2. The summed E-state index contributed by atoms with van der Waals surface area (Å²) in [6, 6.07) is 11.9. The van der Waals surface area contributed by atoms with E-state index in [1.807, 2.05) is 39.0 Å². The fraction of sp³-hybridized carbons (Fsp3) is 0.364. The molecule has 0 aliphatic carbocycles. The number of carbonyl (C=O) groups excluding carboxylic acids is 2. The number of hydrogen-bond acceptors (Lipinski definition) is 4. The molecule has 1 atom stereocenters. The van der Waals surface area contributed by atoms with E-state index in [4.69, 9.17) is 0 Å². The van der Waals surface area contributed by atoms with Gasteiger partial charge in [-0.3, -0.25) is 9.59 Å². The van der Waals surface area contributed by atoms with Crippen LogP contribution in [0.15, 0.2) is 47.4 Å². The van der Waals surface area contributed by atoms with Crippen LogP contribution in [0.3, 0.4) is 0 Å². The summed E-state index contributed by atoms with van der Waals surface area (Å²) in [7, 11) is -3.55. The molecule has 1 aliphatic heterocycles. The van der Waals surface area contributed by atoms with Crippen molar-refractivity contribution < 1.29 is 18.0 Å². The van der Waals surface area contributed by atoms with Gasteiger partial charge in [0.05, 0.1) is 10.8 Å². The van der Waals surface area contributed by atoms with Crippen LogP contribution in [0.4, 0.5) is 11.4 Å². The zero-order valence-electron chi connectivity index (χ0n) is 17.4. The molecule has 1 aliphatic rings. The maximum absolute atomic E-state index is 12.7. The van der Waals surface area contributed by atoms with Gasteiger partial charge in [0.2, 0.25) is 21.8 Å². The Morgan fingerprint density at radius 3 is 2.33 bits per heavy atom. The number of amides is 2. The van der Waals surface area contributed by atoms with Gasteiger partial charge in [0.25, 0.3) is 0 Å². The maximum atomic E-state index is 12.7. The summed E-state index contributed by atoms with van der Waals surface area (Å²) < 4.78 is 26.8. The molecule has 2 aromatic carbocycles. The zero-order valence-corrected chi connectivity index (χ0v) is 18.3. The first-order chi connectivity index (χ1) is 14.2. The van der Waals surface area contributed by atoms with E-state index in [9.17, 15) is 18.0 Å². The first-order valence-corrected chi connectivity index (χ1v) is 11.5. The lowest BCUT2D eigenvalue weighted by Gasteiger charge is -2.18. The van der Waals surface area contributed by atoms with Crippen molar-refractivity contribution >= 4 is 33.2 Å². The van der Waals surface area contributed by atoms with Gasteiger partial charge in [0.15, 0.2) is 0 Å². The van der Waals surface area contributed by atoms with E-state index in [0.29, 0.717) is 25.2 Å². The highest BCUT2D eigenvalue weighted by molar-refractivity contribution is 7.89. The van der Waals surface area contributed by atoms with E-state index < -0.39 is 15.9 Å². The van der Waals surface area contributed by atoms with Gasteiger partial charge in [-0.15, -0.1) is 0 Å². The Kier molecular flexibility index (Phi) is 6.58. The Bertz CT molecular complexity index is 1030. The van der Waals surface area contributed by atoms with Gasteiger partial charge < -0.3 is 10.2 Å². The molecular formula is C22H27N3O4S. The summed E-state index contributed by atoms with van der Waals surface area (Å²) in [6.45, 7) is 6.52. The number of nitrogens with one attached hydrogen (secondary N) is 2. The van der Waals surface area contributed by atoms with Crippen molar-refractivity contribution in [2.24, 2.45) is 5.92 Å². The highest BCUT2D eigenvalue weighted by Gasteiger charge is 2.35. The lowest BCUT2D eigenvalue weighted by molar-refractivity contribution is -0.122. The van der Waals surface area contributed by atoms with E-state index in [-0.39, 0.29) is 23.1 Å². The van der Waals surface area contributed by atoms with E-state index in [2.05, 4.69) is 10.0 Å². The van der Waals surface area contributed by atoms with E-state index in [1.165, 1.54) is 12.1 Å². The molecule has 0 bridgehead atoms. The Morgan fingerprint density at radius 1 is 1.10 bits per heavy atom. The second kappa shape index (κ2) is 8.97. The van der Waals surface area contributed by atoms with Gasteiger partial charge in [0.1, 0.15) is 0 Å². The van der Waals surface area contributed by atoms with Crippen LogP contribution in [-0.4, -0.2) is 33.3 Å². The highest BCUT2D eigenvalue weighted by Crippen LogP contribution is 2.28. The molecule has 2 amide bonds. The number of rotatable bonds is 7. The number of aryl methyl sites for hydroxylation is 2. The number of hydrogen-bond donors (Lipinski definition) is 2. The largest absolute Gasteiger partial charge is 0.326 e. The van der Waals surface area contributed by atoms with Crippen LogP contribution in [0.2, 0.25) is 0 Å². The number of anilines is 2. The summed E-state index contributed by atoms with van der Waals surface area (Å²) in [5.41, 5.74) is 3.43. The summed E-state index contributed by atoms with van der Waals surface area (Å²) in [5.74, 6) is -0.800. The lowest BCUT2D eigenvalue weighted by Crippen LogP contribution is -2.28. The molecule has 8 heteroatoms. The Balaban J connectivity index is 1.66. The second-order valence-corrected chi connectivity index (χ2v) is 9.43. The van der Waals surface area contributed by atoms with Crippen LogP contribution in [-0.2, 0) is 19.6 Å². The highest BCUT2D eigenvalue weighted by atomic mass is 32.2. The van der Waals surface area contributed by atoms with Gasteiger partial charge in [-0.05, 0) is 67.8 Å². The summed E-state index contributed by atoms with van der Waals surface area (Å²) in [5, 5.41) is 2.79. The molecule has 1 saturated heterocycles. The minimum absolute atomic E-state index is 0.0800. The van der Waals surface area contributed by atoms with Crippen LogP contribution in [0.25, 0.3) is 0 Å². The molecule has 0 radical (unpaired) electrons. The molecule has 0 aromatic heterocycles. The Labute approximate surface area is 177 Å². The molecule has 30 heavy (non-hydrogen) atoms. The molecule has 1 heterocycles. The van der Waals surface area contributed by atoms with Gasteiger partial charge in [-0.2, -0.15) is 0 Å². The van der Waals surface area contributed by atoms with Gasteiger partial charge in [-0.1, -0.05) is 13.0 Å². The predicted octanol–water partition coefficient (Wildman–Crippen LogP) is 2.98. The number of benzene rings is 2. The van der Waals surface area contributed by atoms with Gasteiger partial charge in [0, 0.05) is 30.9 Å². The van der Waals surface area contributed by atoms with Crippen molar-refractivity contribution in [1.29, 1.82) is 0 Å². The molecule has 1 unspecified atom stereocenters. The first-order valence-electron chi connectivity index (χ1n) is 9.99. The zero-order chi connectivity index (χ0) is 21.9. The van der Waals surface area contributed by atoms with Crippen molar-refractivity contribution in [2.45, 2.75) is 38.5 Å². The van der Waals surface area contributed by atoms with E-state index in [1.54, 1.807) is 17.0 Å². The molecule has 1 fully saturated rings. The van der Waals surface area contributed by atoms with Crippen molar-refractivity contribution in [3.8, 4) is 0 Å². The quantitative estimate of drug-likeness (QED) is 0.707. The van der Waals surface area contributed by atoms with Crippen LogP contribution in [0, 0.1) is 19.8 Å². The lowest BCUT2D eigenvalue weighted by atomic mass is 10.1. The van der Waals surface area contributed by atoms with Crippen molar-refractivity contribution in [3.05, 3.63) is 53.6 Å². The van der Waals surface area contributed by atoms with Crippen LogP contribution in [0.1, 0.15) is 30.9 Å². The van der Waals surface area contributed by atoms with Crippen LogP contribution in [0.5, 0.6) is 0 Å². The smallest absolute Gasteiger partial charge is 0.240 e. The fourth-order valence-electron chi connectivity index (χ4n) is 3.52. The molecular weight excluding hydrogens is 402 g/mol.